The normalized spacial score (nSPS) is 10.2. The molecule has 0 bridgehead atoms. The van der Waals surface area contributed by atoms with Gasteiger partial charge in [0.1, 0.15) is 15.9 Å². The predicted molar refractivity (Wildman–Crippen MR) is 95.7 cm³/mol. The Hall–Kier alpha value is -3.06. The largest absolute Gasteiger partial charge is 0.505 e. The Kier molecular flexibility index (Phi) is 4.99. The number of aromatic amines is 1. The summed E-state index contributed by atoms with van der Waals surface area (Å²) >= 11 is 3.02. The molecule has 1 aromatic heterocycles. The maximum Gasteiger partial charge on any atom is 0.289 e. The Morgan fingerprint density at radius 3 is 2.60 bits per heavy atom. The van der Waals surface area contributed by atoms with Crippen LogP contribution in [0.15, 0.2) is 26.2 Å². The summed E-state index contributed by atoms with van der Waals surface area (Å²) in [5, 5.41) is 15.3. The van der Waals surface area contributed by atoms with Crippen molar-refractivity contribution in [1.29, 1.82) is 0 Å². The molecule has 130 valence electrons. The predicted octanol–water partition coefficient (Wildman–Crippen LogP) is 1.54. The molecule has 0 saturated carbocycles. The number of aryl methyl sites for hydroxylation is 1. The highest BCUT2D eigenvalue weighted by atomic mass is 79.9. The van der Waals surface area contributed by atoms with Crippen LogP contribution in [0.2, 0.25) is 0 Å². The highest BCUT2D eigenvalue weighted by Crippen LogP contribution is 2.35. The number of carbonyl (C=O) groups is 1. The van der Waals surface area contributed by atoms with Crippen molar-refractivity contribution in [2.24, 2.45) is 7.05 Å². The van der Waals surface area contributed by atoms with E-state index in [4.69, 9.17) is 6.57 Å². The van der Waals surface area contributed by atoms with Crippen LogP contribution >= 0.6 is 15.9 Å². The lowest BCUT2D eigenvalue weighted by Crippen LogP contribution is -2.30. The second-order valence-corrected chi connectivity index (χ2v) is 6.11. The minimum Gasteiger partial charge on any atom is -0.505 e. The van der Waals surface area contributed by atoms with Crippen LogP contribution in [0.5, 0.6) is 5.75 Å². The van der Waals surface area contributed by atoms with Crippen LogP contribution in [-0.2, 0) is 7.05 Å². The number of halogens is 1. The van der Waals surface area contributed by atoms with Crippen molar-refractivity contribution in [2.45, 2.75) is 0 Å². The fraction of sp³-hybridized carbons (Fsp3) is 0.200. The van der Waals surface area contributed by atoms with Crippen molar-refractivity contribution in [3.63, 3.8) is 0 Å². The number of aromatic nitrogens is 2. The number of amides is 1. The number of aromatic hydroxyl groups is 1. The molecule has 1 heterocycles. The lowest BCUT2D eigenvalue weighted by molar-refractivity contribution is 0.0825. The third-order valence-electron chi connectivity index (χ3n) is 3.33. The molecule has 25 heavy (non-hydrogen) atoms. The Bertz CT molecular complexity index is 1020. The van der Waals surface area contributed by atoms with Gasteiger partial charge in [-0.3, -0.25) is 24.2 Å². The van der Waals surface area contributed by atoms with Gasteiger partial charge in [0.15, 0.2) is 5.69 Å². The van der Waals surface area contributed by atoms with Crippen molar-refractivity contribution >= 4 is 38.9 Å². The van der Waals surface area contributed by atoms with Crippen molar-refractivity contribution in [3.05, 3.63) is 54.3 Å². The second kappa shape index (κ2) is 6.82. The van der Waals surface area contributed by atoms with Gasteiger partial charge in [0.2, 0.25) is 0 Å². The van der Waals surface area contributed by atoms with Gasteiger partial charge in [-0.2, -0.15) is 0 Å². The second-order valence-electron chi connectivity index (χ2n) is 5.32. The van der Waals surface area contributed by atoms with E-state index in [1.807, 2.05) is 0 Å². The number of nitrogens with one attached hydrogen (secondary N) is 2. The fourth-order valence-corrected chi connectivity index (χ4v) is 2.41. The minimum absolute atomic E-state index is 0.0397. The van der Waals surface area contributed by atoms with E-state index >= 15 is 0 Å². The van der Waals surface area contributed by atoms with Crippen LogP contribution in [-0.4, -0.2) is 39.8 Å². The van der Waals surface area contributed by atoms with Crippen molar-refractivity contribution < 1.29 is 9.90 Å². The first-order valence-corrected chi connectivity index (χ1v) is 7.68. The molecular formula is C15H14BrN5O4. The van der Waals surface area contributed by atoms with E-state index in [0.29, 0.717) is 0 Å². The van der Waals surface area contributed by atoms with E-state index in [-0.39, 0.29) is 27.1 Å². The summed E-state index contributed by atoms with van der Waals surface area (Å²) in [5.41, 5.74) is -1.31. The zero-order chi connectivity index (χ0) is 18.9. The molecule has 0 radical (unpaired) electrons. The topological polar surface area (TPSA) is 112 Å². The first kappa shape index (κ1) is 18.3. The third kappa shape index (κ3) is 3.41. The molecular weight excluding hydrogens is 394 g/mol. The van der Waals surface area contributed by atoms with Crippen LogP contribution in [0, 0.1) is 6.57 Å². The van der Waals surface area contributed by atoms with Gasteiger partial charge in [-0.15, -0.1) is 0 Å². The molecule has 0 unspecified atom stereocenters. The summed E-state index contributed by atoms with van der Waals surface area (Å²) in [6.07, 6.45) is 0. The molecule has 9 nitrogen and oxygen atoms in total. The molecule has 0 spiro atoms. The number of H-pyrrole nitrogens is 1. The van der Waals surface area contributed by atoms with Crippen LogP contribution in [0.25, 0.3) is 4.85 Å². The number of phenols is 1. The lowest BCUT2D eigenvalue weighted by Gasteiger charge is -2.16. The molecule has 0 aliphatic heterocycles. The number of anilines is 2. The third-order valence-corrected chi connectivity index (χ3v) is 4.08. The van der Waals surface area contributed by atoms with Crippen molar-refractivity contribution in [2.75, 3.05) is 19.4 Å². The van der Waals surface area contributed by atoms with Crippen LogP contribution in [0.3, 0.4) is 0 Å². The molecule has 0 aliphatic carbocycles. The van der Waals surface area contributed by atoms with Gasteiger partial charge in [-0.05, 0) is 28.1 Å². The van der Waals surface area contributed by atoms with Gasteiger partial charge in [0, 0.05) is 21.1 Å². The summed E-state index contributed by atoms with van der Waals surface area (Å²) in [7, 11) is 4.36. The van der Waals surface area contributed by atoms with Gasteiger partial charge in [0.25, 0.3) is 17.0 Å². The SMILES string of the molecule is [C-]#[N+]c1cc(Nc2c(Br)c(=O)[nH]n(C)c2=O)c(O)c(C(=O)N(C)C)c1. The first-order chi connectivity index (χ1) is 11.7. The highest BCUT2D eigenvalue weighted by molar-refractivity contribution is 9.10. The van der Waals surface area contributed by atoms with Gasteiger partial charge >= 0.3 is 0 Å². The number of hydrogen-bond donors (Lipinski definition) is 3. The van der Waals surface area contributed by atoms with Crippen molar-refractivity contribution in [1.82, 2.24) is 14.7 Å². The van der Waals surface area contributed by atoms with E-state index in [1.165, 1.54) is 38.2 Å². The molecule has 1 aromatic carbocycles. The van der Waals surface area contributed by atoms with E-state index in [1.54, 1.807) is 0 Å². The van der Waals surface area contributed by atoms with Gasteiger partial charge in [-0.1, -0.05) is 0 Å². The molecule has 0 aliphatic rings. The molecule has 0 atom stereocenters. The fourth-order valence-electron chi connectivity index (χ4n) is 2.05. The molecule has 2 rings (SSSR count). The number of benzene rings is 1. The number of rotatable bonds is 3. The zero-order valence-corrected chi connectivity index (χ0v) is 15.1. The van der Waals surface area contributed by atoms with Crippen LogP contribution in [0.1, 0.15) is 10.4 Å². The number of hydrogen-bond acceptors (Lipinski definition) is 5. The number of nitrogens with zero attached hydrogens (tertiary/aromatic N) is 3. The molecule has 2 aromatic rings. The number of phenolic OH excluding ortho intramolecular Hbond substituents is 1. The highest BCUT2D eigenvalue weighted by Gasteiger charge is 2.20. The minimum atomic E-state index is -0.570. The molecule has 3 N–H and O–H groups in total. The first-order valence-electron chi connectivity index (χ1n) is 6.89. The smallest absolute Gasteiger partial charge is 0.289 e. The average Bonchev–Trinajstić information content (AvgIpc) is 2.57. The summed E-state index contributed by atoms with van der Waals surface area (Å²) in [4.78, 5) is 40.7. The maximum atomic E-state index is 12.2. The maximum absolute atomic E-state index is 12.2. The molecule has 0 saturated heterocycles. The standard InChI is InChI=1S/C15H14BrN5O4/c1-17-7-5-8(14(24)20(2)3)12(22)9(6-7)18-11-10(16)13(23)19-21(4)15(11)25/h5-6,18,22H,2-4H3,(H,19,23). The molecule has 10 heteroatoms. The summed E-state index contributed by atoms with van der Waals surface area (Å²) in [5.74, 6) is -0.940. The van der Waals surface area contributed by atoms with E-state index in [9.17, 15) is 19.5 Å². The zero-order valence-electron chi connectivity index (χ0n) is 13.5. The van der Waals surface area contributed by atoms with E-state index < -0.39 is 22.8 Å². The average molecular weight is 408 g/mol. The Morgan fingerprint density at radius 2 is 2.04 bits per heavy atom. The molecule has 0 fully saturated rings. The Labute approximate surface area is 150 Å². The van der Waals surface area contributed by atoms with E-state index in [0.717, 1.165) is 4.68 Å². The monoisotopic (exact) mass is 407 g/mol. The molecule has 1 amide bonds. The summed E-state index contributed by atoms with van der Waals surface area (Å²) in [6.45, 7) is 7.15. The van der Waals surface area contributed by atoms with Gasteiger partial charge < -0.3 is 15.3 Å². The van der Waals surface area contributed by atoms with Gasteiger partial charge in [0.05, 0.1) is 17.8 Å². The van der Waals surface area contributed by atoms with Crippen LogP contribution < -0.4 is 16.4 Å². The lowest BCUT2D eigenvalue weighted by atomic mass is 10.1. The Morgan fingerprint density at radius 1 is 1.40 bits per heavy atom. The van der Waals surface area contributed by atoms with E-state index in [2.05, 4.69) is 31.2 Å². The quantitative estimate of drug-likeness (QED) is 0.527. The summed E-state index contributed by atoms with van der Waals surface area (Å²) in [6, 6.07) is 2.53. The van der Waals surface area contributed by atoms with Gasteiger partial charge in [-0.25, -0.2) is 4.85 Å². The van der Waals surface area contributed by atoms with Crippen LogP contribution in [0.4, 0.5) is 17.1 Å². The summed E-state index contributed by atoms with van der Waals surface area (Å²) < 4.78 is 0.903. The number of carbonyl (C=O) groups excluding carboxylic acids is 1. The van der Waals surface area contributed by atoms with Crippen molar-refractivity contribution in [3.8, 4) is 5.75 Å². The Balaban J connectivity index is 2.68.